The highest BCUT2D eigenvalue weighted by Crippen LogP contribution is 2.22. The van der Waals surface area contributed by atoms with E-state index in [-0.39, 0.29) is 18.7 Å². The summed E-state index contributed by atoms with van der Waals surface area (Å²) in [5, 5.41) is 12.0. The summed E-state index contributed by atoms with van der Waals surface area (Å²) in [5.74, 6) is -1.24. The number of carbonyl (C=O) groups excluding carboxylic acids is 1. The summed E-state index contributed by atoms with van der Waals surface area (Å²) in [4.78, 5) is 21.5. The first kappa shape index (κ1) is 14.8. The molecular weight excluding hydrogens is 277 g/mol. The Kier molecular flexibility index (Phi) is 5.95. The first-order valence-corrected chi connectivity index (χ1v) is 6.17. The Bertz CT molecular complexity index is 449. The first-order valence-electron chi connectivity index (χ1n) is 5.41. The van der Waals surface area contributed by atoms with Crippen LogP contribution in [0.15, 0.2) is 18.2 Å². The van der Waals surface area contributed by atoms with Gasteiger partial charge in [0.15, 0.2) is 0 Å². The van der Waals surface area contributed by atoms with E-state index in [1.54, 1.807) is 12.1 Å². The van der Waals surface area contributed by atoms with Crippen molar-refractivity contribution in [1.82, 2.24) is 5.32 Å². The molecule has 98 valence electrons. The molecule has 0 aromatic heterocycles. The number of carboxylic acids is 1. The van der Waals surface area contributed by atoms with Gasteiger partial charge in [-0.2, -0.15) is 0 Å². The zero-order valence-corrected chi connectivity index (χ0v) is 11.1. The Morgan fingerprint density at radius 1 is 1.17 bits per heavy atom. The number of aliphatic carboxylic acids is 1. The van der Waals surface area contributed by atoms with E-state index < -0.39 is 5.97 Å². The Hall–Kier alpha value is -1.26. The van der Waals surface area contributed by atoms with Crippen LogP contribution in [0, 0.1) is 0 Å². The van der Waals surface area contributed by atoms with Gasteiger partial charge in [0.2, 0.25) is 5.91 Å². The number of amides is 1. The number of benzene rings is 1. The number of halogens is 2. The number of hydrogen-bond acceptors (Lipinski definition) is 2. The lowest BCUT2D eigenvalue weighted by Crippen LogP contribution is -2.26. The van der Waals surface area contributed by atoms with Crippen molar-refractivity contribution in [2.45, 2.75) is 19.3 Å². The Balaban J connectivity index is 2.30. The molecular formula is C12H13Cl2NO3. The van der Waals surface area contributed by atoms with E-state index in [2.05, 4.69) is 5.32 Å². The van der Waals surface area contributed by atoms with Crippen molar-refractivity contribution in [1.29, 1.82) is 0 Å². The molecule has 1 aromatic carbocycles. The molecule has 0 radical (unpaired) electrons. The van der Waals surface area contributed by atoms with Crippen molar-refractivity contribution in [3.63, 3.8) is 0 Å². The van der Waals surface area contributed by atoms with Gasteiger partial charge in [0.1, 0.15) is 0 Å². The van der Waals surface area contributed by atoms with Gasteiger partial charge in [-0.15, -0.1) is 0 Å². The fourth-order valence-corrected chi connectivity index (χ4v) is 1.67. The molecule has 1 rings (SSSR count). The number of nitrogens with one attached hydrogen (secondary N) is 1. The Morgan fingerprint density at radius 3 is 2.50 bits per heavy atom. The van der Waals surface area contributed by atoms with Gasteiger partial charge in [0.05, 0.1) is 16.5 Å². The van der Waals surface area contributed by atoms with Crippen LogP contribution in [0.3, 0.4) is 0 Å². The lowest BCUT2D eigenvalue weighted by molar-refractivity contribution is -0.138. The van der Waals surface area contributed by atoms with Crippen molar-refractivity contribution in [2.75, 3.05) is 6.54 Å². The summed E-state index contributed by atoms with van der Waals surface area (Å²) in [5.41, 5.74) is 0.961. The Labute approximate surface area is 115 Å². The molecule has 0 unspecified atom stereocenters. The van der Waals surface area contributed by atoms with Crippen LogP contribution < -0.4 is 5.32 Å². The maximum Gasteiger partial charge on any atom is 0.303 e. The molecule has 0 atom stereocenters. The van der Waals surface area contributed by atoms with Crippen LogP contribution in [-0.4, -0.2) is 23.5 Å². The highest BCUT2D eigenvalue weighted by Gasteiger charge is 2.05. The Morgan fingerprint density at radius 2 is 1.89 bits per heavy atom. The zero-order valence-electron chi connectivity index (χ0n) is 9.58. The fraction of sp³-hybridized carbons (Fsp3) is 0.333. The standard InChI is InChI=1S/C12H13Cl2NO3/c13-9-2-1-8(7-10(9)14)5-6-15-11(16)3-4-12(17)18/h1-2,7H,3-6H2,(H,15,16)(H,17,18). The number of rotatable bonds is 6. The van der Waals surface area contributed by atoms with Crippen molar-refractivity contribution >= 4 is 35.1 Å². The molecule has 0 aliphatic heterocycles. The van der Waals surface area contributed by atoms with E-state index in [4.69, 9.17) is 28.3 Å². The molecule has 0 spiro atoms. The lowest BCUT2D eigenvalue weighted by atomic mass is 10.1. The van der Waals surface area contributed by atoms with E-state index in [0.717, 1.165) is 5.56 Å². The quantitative estimate of drug-likeness (QED) is 0.846. The number of carbonyl (C=O) groups is 2. The lowest BCUT2D eigenvalue weighted by Gasteiger charge is -2.05. The topological polar surface area (TPSA) is 66.4 Å². The highest BCUT2D eigenvalue weighted by molar-refractivity contribution is 6.42. The van der Waals surface area contributed by atoms with Crippen LogP contribution in [0.4, 0.5) is 0 Å². The third-order valence-electron chi connectivity index (χ3n) is 2.29. The van der Waals surface area contributed by atoms with Crippen LogP contribution >= 0.6 is 23.2 Å². The summed E-state index contributed by atoms with van der Waals surface area (Å²) in [6, 6.07) is 5.27. The molecule has 4 nitrogen and oxygen atoms in total. The normalized spacial score (nSPS) is 10.1. The number of carboxylic acid groups (broad SMARTS) is 1. The average molecular weight is 290 g/mol. The van der Waals surface area contributed by atoms with Gasteiger partial charge in [-0.3, -0.25) is 9.59 Å². The molecule has 0 aliphatic carbocycles. The van der Waals surface area contributed by atoms with Gasteiger partial charge >= 0.3 is 5.97 Å². The minimum absolute atomic E-state index is 0.00327. The smallest absolute Gasteiger partial charge is 0.303 e. The monoisotopic (exact) mass is 289 g/mol. The largest absolute Gasteiger partial charge is 0.481 e. The van der Waals surface area contributed by atoms with E-state index in [0.29, 0.717) is 23.0 Å². The van der Waals surface area contributed by atoms with E-state index in [1.807, 2.05) is 6.07 Å². The molecule has 0 fully saturated rings. The predicted octanol–water partition coefficient (Wildman–Crippen LogP) is 2.52. The van der Waals surface area contributed by atoms with Crippen molar-refractivity contribution in [3.05, 3.63) is 33.8 Å². The molecule has 2 N–H and O–H groups in total. The van der Waals surface area contributed by atoms with E-state index in [1.165, 1.54) is 0 Å². The molecule has 0 bridgehead atoms. The van der Waals surface area contributed by atoms with Crippen LogP contribution in [0.5, 0.6) is 0 Å². The van der Waals surface area contributed by atoms with Crippen LogP contribution in [0.25, 0.3) is 0 Å². The molecule has 0 heterocycles. The summed E-state index contributed by atoms with van der Waals surface area (Å²) >= 11 is 11.6. The SMILES string of the molecule is O=C(O)CCC(=O)NCCc1ccc(Cl)c(Cl)c1. The minimum Gasteiger partial charge on any atom is -0.481 e. The second-order valence-electron chi connectivity index (χ2n) is 3.74. The van der Waals surface area contributed by atoms with Gasteiger partial charge in [0.25, 0.3) is 0 Å². The predicted molar refractivity (Wildman–Crippen MR) is 70.0 cm³/mol. The van der Waals surface area contributed by atoms with Gasteiger partial charge in [0, 0.05) is 13.0 Å². The van der Waals surface area contributed by atoms with Gasteiger partial charge in [-0.25, -0.2) is 0 Å². The van der Waals surface area contributed by atoms with Gasteiger partial charge < -0.3 is 10.4 Å². The van der Waals surface area contributed by atoms with E-state index in [9.17, 15) is 9.59 Å². The molecule has 1 amide bonds. The van der Waals surface area contributed by atoms with Crippen LogP contribution in [0.2, 0.25) is 10.0 Å². The summed E-state index contributed by atoms with van der Waals surface area (Å²) in [7, 11) is 0. The molecule has 0 saturated carbocycles. The third kappa shape index (κ3) is 5.38. The minimum atomic E-state index is -0.977. The van der Waals surface area contributed by atoms with Crippen molar-refractivity contribution in [3.8, 4) is 0 Å². The fourth-order valence-electron chi connectivity index (χ4n) is 1.35. The molecule has 18 heavy (non-hydrogen) atoms. The second-order valence-corrected chi connectivity index (χ2v) is 4.56. The molecule has 0 aliphatic rings. The maximum absolute atomic E-state index is 11.2. The summed E-state index contributed by atoms with van der Waals surface area (Å²) in [6.07, 6.45) is 0.463. The zero-order chi connectivity index (χ0) is 13.5. The summed E-state index contributed by atoms with van der Waals surface area (Å²) < 4.78 is 0. The first-order chi connectivity index (χ1) is 8.49. The molecule has 1 aromatic rings. The van der Waals surface area contributed by atoms with Crippen LogP contribution in [-0.2, 0) is 16.0 Å². The van der Waals surface area contributed by atoms with Crippen molar-refractivity contribution in [2.24, 2.45) is 0 Å². The average Bonchev–Trinajstić information content (AvgIpc) is 2.31. The maximum atomic E-state index is 11.2. The molecule has 0 saturated heterocycles. The van der Waals surface area contributed by atoms with E-state index >= 15 is 0 Å². The highest BCUT2D eigenvalue weighted by atomic mass is 35.5. The summed E-state index contributed by atoms with van der Waals surface area (Å²) in [6.45, 7) is 0.441. The van der Waals surface area contributed by atoms with Gasteiger partial charge in [-0.1, -0.05) is 29.3 Å². The number of hydrogen-bond donors (Lipinski definition) is 2. The molecule has 6 heteroatoms. The third-order valence-corrected chi connectivity index (χ3v) is 3.02. The second kappa shape index (κ2) is 7.24. The van der Waals surface area contributed by atoms with Crippen LogP contribution in [0.1, 0.15) is 18.4 Å². The van der Waals surface area contributed by atoms with Crippen molar-refractivity contribution < 1.29 is 14.7 Å². The van der Waals surface area contributed by atoms with Gasteiger partial charge in [-0.05, 0) is 24.1 Å².